The molecule has 1 aromatic carbocycles. The van der Waals surface area contributed by atoms with Gasteiger partial charge in [-0.25, -0.2) is 0 Å². The number of carbonyl (C=O) groups excluding carboxylic acids is 1. The van der Waals surface area contributed by atoms with Gasteiger partial charge < -0.3 is 16.0 Å². The molecule has 0 aliphatic carbocycles. The molecule has 4 heteroatoms. The number of carbonyl (C=O) groups is 1. The molecule has 1 aliphatic heterocycles. The largest absolute Gasteiger partial charge is 0.381 e. The molecule has 0 saturated carbocycles. The Kier molecular flexibility index (Phi) is 3.64. The molecule has 1 unspecified atom stereocenters. The number of benzene rings is 1. The molecule has 0 aromatic heterocycles. The van der Waals surface area contributed by atoms with Crippen LogP contribution in [-0.2, 0) is 11.2 Å². The second-order valence-electron chi connectivity index (χ2n) is 4.69. The van der Waals surface area contributed by atoms with Crippen molar-refractivity contribution in [2.75, 3.05) is 25.5 Å². The predicted molar refractivity (Wildman–Crippen MR) is 68.9 cm³/mol. The molecule has 4 nitrogen and oxygen atoms in total. The second kappa shape index (κ2) is 5.19. The van der Waals surface area contributed by atoms with Gasteiger partial charge in [0.1, 0.15) is 0 Å². The quantitative estimate of drug-likeness (QED) is 0.810. The Balaban J connectivity index is 2.06. The first kappa shape index (κ1) is 11.9. The van der Waals surface area contributed by atoms with Crippen molar-refractivity contribution in [3.63, 3.8) is 0 Å². The number of nitrogens with one attached hydrogen (secondary N) is 1. The summed E-state index contributed by atoms with van der Waals surface area (Å²) in [5.41, 5.74) is 7.26. The summed E-state index contributed by atoms with van der Waals surface area (Å²) in [5, 5.41) is 3.50. The van der Waals surface area contributed by atoms with E-state index >= 15 is 0 Å². The van der Waals surface area contributed by atoms with E-state index in [2.05, 4.69) is 17.3 Å². The SMILES string of the molecule is CN1CCC(Nc2ccccc2CC(N)=O)C1. The fraction of sp³-hybridized carbons (Fsp3) is 0.462. The number of anilines is 1. The average Bonchev–Trinajstić information content (AvgIpc) is 2.66. The second-order valence-corrected chi connectivity index (χ2v) is 4.69. The highest BCUT2D eigenvalue weighted by molar-refractivity contribution is 5.78. The van der Waals surface area contributed by atoms with E-state index in [1.807, 2.05) is 24.3 Å². The number of hydrogen-bond donors (Lipinski definition) is 2. The molecular weight excluding hydrogens is 214 g/mol. The van der Waals surface area contributed by atoms with Gasteiger partial charge in [-0.3, -0.25) is 4.79 Å². The minimum absolute atomic E-state index is 0.289. The predicted octanol–water partition coefficient (Wildman–Crippen LogP) is 0.830. The molecule has 92 valence electrons. The van der Waals surface area contributed by atoms with Crippen LogP contribution in [0.15, 0.2) is 24.3 Å². The summed E-state index contributed by atoms with van der Waals surface area (Å²) < 4.78 is 0. The lowest BCUT2D eigenvalue weighted by atomic mass is 10.1. The Morgan fingerprint density at radius 1 is 1.53 bits per heavy atom. The summed E-state index contributed by atoms with van der Waals surface area (Å²) in [6.45, 7) is 2.17. The maximum atomic E-state index is 11.0. The third-order valence-corrected chi connectivity index (χ3v) is 3.13. The monoisotopic (exact) mass is 233 g/mol. The standard InChI is InChI=1S/C13H19N3O/c1-16-7-6-11(9-16)15-12-5-3-2-4-10(12)8-13(14)17/h2-5,11,15H,6-9H2,1H3,(H2,14,17). The highest BCUT2D eigenvalue weighted by Gasteiger charge is 2.19. The van der Waals surface area contributed by atoms with Gasteiger partial charge in [-0.2, -0.15) is 0 Å². The lowest BCUT2D eigenvalue weighted by molar-refractivity contribution is -0.117. The van der Waals surface area contributed by atoms with E-state index in [4.69, 9.17) is 5.73 Å². The Labute approximate surface area is 102 Å². The summed E-state index contributed by atoms with van der Waals surface area (Å²) in [6, 6.07) is 8.34. The number of likely N-dealkylation sites (tertiary alicyclic amines) is 1. The molecular formula is C13H19N3O. The van der Waals surface area contributed by atoms with Crippen LogP contribution in [0.1, 0.15) is 12.0 Å². The van der Waals surface area contributed by atoms with E-state index in [1.165, 1.54) is 0 Å². The van der Waals surface area contributed by atoms with Crippen molar-refractivity contribution < 1.29 is 4.79 Å². The van der Waals surface area contributed by atoms with Crippen molar-refractivity contribution in [2.45, 2.75) is 18.9 Å². The van der Waals surface area contributed by atoms with Crippen LogP contribution >= 0.6 is 0 Å². The normalized spacial score (nSPS) is 20.4. The number of rotatable bonds is 4. The zero-order valence-electron chi connectivity index (χ0n) is 10.1. The zero-order valence-corrected chi connectivity index (χ0v) is 10.1. The first-order valence-electron chi connectivity index (χ1n) is 5.96. The first-order valence-corrected chi connectivity index (χ1v) is 5.96. The lowest BCUT2D eigenvalue weighted by Crippen LogP contribution is -2.24. The minimum Gasteiger partial charge on any atom is -0.381 e. The van der Waals surface area contributed by atoms with Crippen LogP contribution in [0.5, 0.6) is 0 Å². The Morgan fingerprint density at radius 2 is 2.29 bits per heavy atom. The number of amides is 1. The number of hydrogen-bond acceptors (Lipinski definition) is 3. The zero-order chi connectivity index (χ0) is 12.3. The van der Waals surface area contributed by atoms with Gasteiger partial charge in [0.2, 0.25) is 5.91 Å². The van der Waals surface area contributed by atoms with Crippen LogP contribution in [0.25, 0.3) is 0 Å². The summed E-state index contributed by atoms with van der Waals surface area (Å²) in [5.74, 6) is -0.289. The van der Waals surface area contributed by atoms with E-state index < -0.39 is 0 Å². The van der Waals surface area contributed by atoms with E-state index in [9.17, 15) is 4.79 Å². The topological polar surface area (TPSA) is 58.4 Å². The van der Waals surface area contributed by atoms with Gasteiger partial charge in [-0.05, 0) is 31.6 Å². The van der Waals surface area contributed by atoms with Gasteiger partial charge in [-0.1, -0.05) is 18.2 Å². The molecule has 1 fully saturated rings. The Bertz CT molecular complexity index is 405. The molecule has 17 heavy (non-hydrogen) atoms. The minimum atomic E-state index is -0.289. The molecule has 2 rings (SSSR count). The highest BCUT2D eigenvalue weighted by Crippen LogP contribution is 2.19. The lowest BCUT2D eigenvalue weighted by Gasteiger charge is -2.17. The van der Waals surface area contributed by atoms with Gasteiger partial charge in [-0.15, -0.1) is 0 Å². The fourth-order valence-electron chi connectivity index (χ4n) is 2.28. The number of primary amides is 1. The van der Waals surface area contributed by atoms with E-state index in [0.717, 1.165) is 30.8 Å². The van der Waals surface area contributed by atoms with E-state index in [0.29, 0.717) is 12.5 Å². The smallest absolute Gasteiger partial charge is 0.221 e. The number of nitrogens with two attached hydrogens (primary N) is 1. The fourth-order valence-corrected chi connectivity index (χ4v) is 2.28. The Morgan fingerprint density at radius 3 is 2.94 bits per heavy atom. The third kappa shape index (κ3) is 3.20. The van der Waals surface area contributed by atoms with Gasteiger partial charge in [0.05, 0.1) is 6.42 Å². The highest BCUT2D eigenvalue weighted by atomic mass is 16.1. The van der Waals surface area contributed by atoms with E-state index in [1.54, 1.807) is 0 Å². The van der Waals surface area contributed by atoms with Crippen molar-refractivity contribution in [3.05, 3.63) is 29.8 Å². The van der Waals surface area contributed by atoms with Crippen molar-refractivity contribution in [2.24, 2.45) is 5.73 Å². The molecule has 0 spiro atoms. The molecule has 0 radical (unpaired) electrons. The number of nitrogens with zero attached hydrogens (tertiary/aromatic N) is 1. The summed E-state index contributed by atoms with van der Waals surface area (Å²) >= 11 is 0. The Hall–Kier alpha value is -1.55. The van der Waals surface area contributed by atoms with Gasteiger partial charge >= 0.3 is 0 Å². The van der Waals surface area contributed by atoms with Crippen molar-refractivity contribution in [3.8, 4) is 0 Å². The maximum Gasteiger partial charge on any atom is 0.221 e. The molecule has 1 atom stereocenters. The van der Waals surface area contributed by atoms with Crippen LogP contribution in [0.2, 0.25) is 0 Å². The third-order valence-electron chi connectivity index (χ3n) is 3.13. The van der Waals surface area contributed by atoms with Crippen molar-refractivity contribution in [1.82, 2.24) is 4.90 Å². The van der Waals surface area contributed by atoms with Gasteiger partial charge in [0.15, 0.2) is 0 Å². The molecule has 1 amide bonds. The number of para-hydroxylation sites is 1. The van der Waals surface area contributed by atoms with Gasteiger partial charge in [0, 0.05) is 18.3 Å². The van der Waals surface area contributed by atoms with Crippen LogP contribution in [-0.4, -0.2) is 37.0 Å². The van der Waals surface area contributed by atoms with Crippen molar-refractivity contribution in [1.29, 1.82) is 0 Å². The summed E-state index contributed by atoms with van der Waals surface area (Å²) in [6.07, 6.45) is 1.44. The molecule has 0 bridgehead atoms. The number of likely N-dealkylation sites (N-methyl/N-ethyl adjacent to an activating group) is 1. The maximum absolute atomic E-state index is 11.0. The first-order chi connectivity index (χ1) is 8.15. The van der Waals surface area contributed by atoms with Crippen LogP contribution in [0.3, 0.4) is 0 Å². The van der Waals surface area contributed by atoms with Crippen LogP contribution in [0, 0.1) is 0 Å². The van der Waals surface area contributed by atoms with Crippen LogP contribution in [0.4, 0.5) is 5.69 Å². The molecule has 1 aromatic rings. The molecule has 1 aliphatic rings. The summed E-state index contributed by atoms with van der Waals surface area (Å²) in [4.78, 5) is 13.3. The molecule has 1 saturated heterocycles. The molecule has 3 N–H and O–H groups in total. The average molecular weight is 233 g/mol. The van der Waals surface area contributed by atoms with Crippen LogP contribution < -0.4 is 11.1 Å². The summed E-state index contributed by atoms with van der Waals surface area (Å²) in [7, 11) is 2.12. The molecule has 1 heterocycles. The van der Waals surface area contributed by atoms with E-state index in [-0.39, 0.29) is 5.91 Å². The van der Waals surface area contributed by atoms with Gasteiger partial charge in [0.25, 0.3) is 0 Å². The van der Waals surface area contributed by atoms with Crippen molar-refractivity contribution >= 4 is 11.6 Å².